The Bertz CT molecular complexity index is 940. The fraction of sp³-hybridized carbons (Fsp3) is 0.556. The summed E-state index contributed by atoms with van der Waals surface area (Å²) in [5.41, 5.74) is 0.217. The van der Waals surface area contributed by atoms with Gasteiger partial charge in [-0.2, -0.15) is 14.7 Å². The summed E-state index contributed by atoms with van der Waals surface area (Å²) < 4.78 is 29.4. The third-order valence-electron chi connectivity index (χ3n) is 5.54. The van der Waals surface area contributed by atoms with E-state index in [-0.39, 0.29) is 11.8 Å². The molecule has 26 heavy (non-hydrogen) atoms. The van der Waals surface area contributed by atoms with Crippen LogP contribution in [0.5, 0.6) is 0 Å². The maximum atomic E-state index is 13.0. The SMILES string of the molecule is N#CC1(CS(=O)(=O)N2CCC(n3ncc4ccccc43)C2)CCCNC1. The number of benzene rings is 1. The fourth-order valence-electron chi connectivity index (χ4n) is 4.11. The Balaban J connectivity index is 1.52. The normalized spacial score (nSPS) is 27.6. The van der Waals surface area contributed by atoms with E-state index in [0.29, 0.717) is 26.1 Å². The largest absolute Gasteiger partial charge is 0.315 e. The first-order chi connectivity index (χ1) is 12.5. The number of rotatable bonds is 4. The van der Waals surface area contributed by atoms with Crippen molar-refractivity contribution < 1.29 is 8.42 Å². The van der Waals surface area contributed by atoms with Crippen LogP contribution in [0.4, 0.5) is 0 Å². The Hall–Kier alpha value is -1.95. The lowest BCUT2D eigenvalue weighted by molar-refractivity contribution is 0.312. The van der Waals surface area contributed by atoms with Crippen molar-refractivity contribution in [2.45, 2.75) is 25.3 Å². The summed E-state index contributed by atoms with van der Waals surface area (Å²) in [7, 11) is -3.48. The molecule has 1 aromatic carbocycles. The molecule has 0 aliphatic carbocycles. The minimum atomic E-state index is -3.48. The predicted octanol–water partition coefficient (Wildman–Crippen LogP) is 1.51. The van der Waals surface area contributed by atoms with E-state index in [2.05, 4.69) is 16.5 Å². The predicted molar refractivity (Wildman–Crippen MR) is 98.9 cm³/mol. The lowest BCUT2D eigenvalue weighted by Gasteiger charge is -2.32. The number of nitrogens with one attached hydrogen (secondary N) is 1. The second-order valence-electron chi connectivity index (χ2n) is 7.38. The molecule has 2 aliphatic rings. The maximum Gasteiger partial charge on any atom is 0.215 e. The van der Waals surface area contributed by atoms with E-state index in [9.17, 15) is 13.7 Å². The second kappa shape index (κ2) is 6.65. The standard InChI is InChI=1S/C18H23N5O2S/c19-12-18(7-3-8-20-13-18)14-26(24,25)22-9-6-16(11-22)23-17-5-2-1-4-15(17)10-21-23/h1-2,4-5,10,16,20H,3,6-9,11,13-14H2. The summed E-state index contributed by atoms with van der Waals surface area (Å²) >= 11 is 0. The van der Waals surface area contributed by atoms with Crippen LogP contribution in [0.15, 0.2) is 30.5 Å². The minimum Gasteiger partial charge on any atom is -0.315 e. The molecule has 138 valence electrons. The topological polar surface area (TPSA) is 91.0 Å². The van der Waals surface area contributed by atoms with Gasteiger partial charge in [0.05, 0.1) is 35.0 Å². The molecule has 0 radical (unpaired) electrons. The maximum absolute atomic E-state index is 13.0. The van der Waals surface area contributed by atoms with E-state index < -0.39 is 15.4 Å². The summed E-state index contributed by atoms with van der Waals surface area (Å²) in [6.45, 7) is 2.20. The smallest absolute Gasteiger partial charge is 0.215 e. The fourth-order valence-corrected chi connectivity index (χ4v) is 6.08. The molecule has 8 heteroatoms. The van der Waals surface area contributed by atoms with Crippen molar-refractivity contribution in [2.75, 3.05) is 31.9 Å². The van der Waals surface area contributed by atoms with Gasteiger partial charge in [-0.3, -0.25) is 4.68 Å². The third-order valence-corrected chi connectivity index (χ3v) is 7.57. The molecular formula is C18H23N5O2S. The van der Waals surface area contributed by atoms with Gasteiger partial charge in [-0.05, 0) is 31.9 Å². The average molecular weight is 373 g/mol. The van der Waals surface area contributed by atoms with Crippen molar-refractivity contribution in [2.24, 2.45) is 5.41 Å². The summed E-state index contributed by atoms with van der Waals surface area (Å²) in [6.07, 6.45) is 4.04. The van der Waals surface area contributed by atoms with Gasteiger partial charge in [0.2, 0.25) is 10.0 Å². The number of nitrogens with zero attached hydrogens (tertiary/aromatic N) is 4. The first-order valence-electron chi connectivity index (χ1n) is 9.05. The Morgan fingerprint density at radius 3 is 3.00 bits per heavy atom. The Morgan fingerprint density at radius 2 is 2.23 bits per heavy atom. The second-order valence-corrected chi connectivity index (χ2v) is 9.35. The molecule has 4 rings (SSSR count). The van der Waals surface area contributed by atoms with Crippen LogP contribution in [0, 0.1) is 16.7 Å². The van der Waals surface area contributed by atoms with Crippen LogP contribution < -0.4 is 5.32 Å². The molecule has 2 aliphatic heterocycles. The quantitative estimate of drug-likeness (QED) is 0.877. The summed E-state index contributed by atoms with van der Waals surface area (Å²) in [4.78, 5) is 0. The Morgan fingerprint density at radius 1 is 1.38 bits per heavy atom. The number of sulfonamides is 1. The zero-order valence-corrected chi connectivity index (χ0v) is 15.5. The van der Waals surface area contributed by atoms with Crippen molar-refractivity contribution in [3.63, 3.8) is 0 Å². The molecule has 0 bridgehead atoms. The highest BCUT2D eigenvalue weighted by atomic mass is 32.2. The lowest BCUT2D eigenvalue weighted by Crippen LogP contribution is -2.46. The van der Waals surface area contributed by atoms with Gasteiger partial charge in [0.1, 0.15) is 0 Å². The summed E-state index contributed by atoms with van der Waals surface area (Å²) in [5, 5.41) is 18.3. The monoisotopic (exact) mass is 373 g/mol. The molecule has 7 nitrogen and oxygen atoms in total. The Kier molecular flexibility index (Phi) is 4.47. The molecule has 1 N–H and O–H groups in total. The van der Waals surface area contributed by atoms with Gasteiger partial charge in [-0.25, -0.2) is 8.42 Å². The number of piperidine rings is 1. The third kappa shape index (κ3) is 3.11. The van der Waals surface area contributed by atoms with Gasteiger partial charge in [0.25, 0.3) is 0 Å². The van der Waals surface area contributed by atoms with Crippen molar-refractivity contribution in [3.05, 3.63) is 30.5 Å². The van der Waals surface area contributed by atoms with Crippen LogP contribution in [0.3, 0.4) is 0 Å². The first-order valence-corrected chi connectivity index (χ1v) is 10.7. The van der Waals surface area contributed by atoms with Crippen molar-refractivity contribution >= 4 is 20.9 Å². The molecule has 0 saturated carbocycles. The van der Waals surface area contributed by atoms with E-state index >= 15 is 0 Å². The molecule has 0 amide bonds. The highest BCUT2D eigenvalue weighted by Gasteiger charge is 2.41. The van der Waals surface area contributed by atoms with E-state index in [1.54, 1.807) is 4.31 Å². The molecule has 2 saturated heterocycles. The number of para-hydroxylation sites is 1. The van der Waals surface area contributed by atoms with Gasteiger partial charge in [-0.1, -0.05) is 18.2 Å². The molecule has 0 spiro atoms. The van der Waals surface area contributed by atoms with Crippen molar-refractivity contribution in [1.29, 1.82) is 5.26 Å². The molecule has 2 atom stereocenters. The van der Waals surface area contributed by atoms with Gasteiger partial charge >= 0.3 is 0 Å². The summed E-state index contributed by atoms with van der Waals surface area (Å²) in [6, 6.07) is 10.3. The highest BCUT2D eigenvalue weighted by molar-refractivity contribution is 7.89. The molecular weight excluding hydrogens is 350 g/mol. The summed E-state index contributed by atoms with van der Waals surface area (Å²) in [5.74, 6) is -0.101. The molecule has 3 heterocycles. The van der Waals surface area contributed by atoms with Crippen LogP contribution in [-0.2, 0) is 10.0 Å². The van der Waals surface area contributed by atoms with Crippen molar-refractivity contribution in [1.82, 2.24) is 19.4 Å². The van der Waals surface area contributed by atoms with Crippen LogP contribution in [-0.4, -0.2) is 54.4 Å². The van der Waals surface area contributed by atoms with Gasteiger partial charge in [0.15, 0.2) is 0 Å². The first kappa shape index (κ1) is 17.5. The minimum absolute atomic E-state index is 0.0344. The number of fused-ring (bicyclic) bond motifs is 1. The van der Waals surface area contributed by atoms with E-state index in [0.717, 1.165) is 30.3 Å². The van der Waals surface area contributed by atoms with Crippen LogP contribution in [0.2, 0.25) is 0 Å². The number of nitriles is 1. The molecule has 1 aromatic heterocycles. The van der Waals surface area contributed by atoms with Gasteiger partial charge in [0, 0.05) is 25.0 Å². The number of hydrogen-bond acceptors (Lipinski definition) is 5. The highest BCUT2D eigenvalue weighted by Crippen LogP contribution is 2.32. The van der Waals surface area contributed by atoms with Crippen LogP contribution >= 0.6 is 0 Å². The van der Waals surface area contributed by atoms with E-state index in [4.69, 9.17) is 0 Å². The molecule has 2 unspecified atom stereocenters. The average Bonchev–Trinajstić information content (AvgIpc) is 3.29. The van der Waals surface area contributed by atoms with Crippen molar-refractivity contribution in [3.8, 4) is 6.07 Å². The zero-order valence-electron chi connectivity index (χ0n) is 14.6. The zero-order chi connectivity index (χ0) is 18.2. The molecule has 2 aromatic rings. The lowest BCUT2D eigenvalue weighted by atomic mass is 9.84. The van der Waals surface area contributed by atoms with Gasteiger partial charge in [-0.15, -0.1) is 0 Å². The Labute approximate surface area is 153 Å². The van der Waals surface area contributed by atoms with E-state index in [1.165, 1.54) is 0 Å². The van der Waals surface area contributed by atoms with E-state index in [1.807, 2.05) is 35.1 Å². The number of aromatic nitrogens is 2. The van der Waals surface area contributed by atoms with Crippen LogP contribution in [0.25, 0.3) is 10.9 Å². The van der Waals surface area contributed by atoms with Gasteiger partial charge < -0.3 is 5.32 Å². The number of hydrogen-bond donors (Lipinski definition) is 1. The molecule has 2 fully saturated rings. The van der Waals surface area contributed by atoms with Crippen LogP contribution in [0.1, 0.15) is 25.3 Å².